The number of fused-ring (bicyclic) bond motifs is 1. The van der Waals surface area contributed by atoms with Crippen LogP contribution in [0, 0.1) is 11.8 Å². The van der Waals surface area contributed by atoms with Crippen LogP contribution in [0.1, 0.15) is 9.75 Å². The molecule has 0 unspecified atom stereocenters. The molecule has 0 aliphatic heterocycles. The highest BCUT2D eigenvalue weighted by Crippen LogP contribution is 2.16. The molecule has 0 spiro atoms. The van der Waals surface area contributed by atoms with Crippen molar-refractivity contribution >= 4 is 22.2 Å². The zero-order valence-corrected chi connectivity index (χ0v) is 12.1. The molecule has 0 aliphatic carbocycles. The van der Waals surface area contributed by atoms with Crippen molar-refractivity contribution in [2.24, 2.45) is 5.73 Å². The predicted molar refractivity (Wildman–Crippen MR) is 85.4 cm³/mol. The third-order valence-corrected chi connectivity index (χ3v) is 4.02. The summed E-state index contributed by atoms with van der Waals surface area (Å²) in [6.07, 6.45) is 1.59. The van der Waals surface area contributed by atoms with Gasteiger partial charge in [0.2, 0.25) is 0 Å². The van der Waals surface area contributed by atoms with E-state index >= 15 is 0 Å². The van der Waals surface area contributed by atoms with Gasteiger partial charge in [-0.3, -0.25) is 9.36 Å². The molecule has 0 radical (unpaired) electrons. The van der Waals surface area contributed by atoms with Gasteiger partial charge in [0.25, 0.3) is 5.56 Å². The Morgan fingerprint density at radius 3 is 2.95 bits per heavy atom. The second-order valence-electron chi connectivity index (χ2n) is 4.47. The van der Waals surface area contributed by atoms with E-state index in [2.05, 4.69) is 16.8 Å². The maximum atomic E-state index is 12.4. The molecule has 104 valence electrons. The summed E-state index contributed by atoms with van der Waals surface area (Å²) in [5.41, 5.74) is 6.05. The lowest BCUT2D eigenvalue weighted by atomic mass is 10.2. The average molecular weight is 295 g/mol. The van der Waals surface area contributed by atoms with E-state index in [1.54, 1.807) is 28.3 Å². The highest BCUT2D eigenvalue weighted by Gasteiger charge is 2.05. The third-order valence-electron chi connectivity index (χ3n) is 3.03. The van der Waals surface area contributed by atoms with Crippen molar-refractivity contribution in [3.63, 3.8) is 0 Å². The number of aromatic nitrogens is 2. The molecule has 21 heavy (non-hydrogen) atoms. The molecule has 4 nitrogen and oxygen atoms in total. The van der Waals surface area contributed by atoms with Crippen molar-refractivity contribution in [2.45, 2.75) is 6.54 Å². The zero-order valence-electron chi connectivity index (χ0n) is 11.2. The molecule has 5 heteroatoms. The van der Waals surface area contributed by atoms with Crippen LogP contribution in [0.2, 0.25) is 0 Å². The second-order valence-corrected chi connectivity index (χ2v) is 5.63. The Bertz CT molecular complexity index is 899. The number of hydrogen-bond donors (Lipinski definition) is 1. The molecule has 0 saturated carbocycles. The van der Waals surface area contributed by atoms with Crippen LogP contribution in [0.5, 0.6) is 0 Å². The standard InChI is InChI=1S/C16H13N3OS/c17-9-3-4-12-7-8-13(21-12)10-19-11-18-15-6-2-1-5-14(15)16(19)20/h1-2,5-8,11H,9-10,17H2. The Morgan fingerprint density at radius 2 is 2.10 bits per heavy atom. The Kier molecular flexibility index (Phi) is 3.82. The largest absolute Gasteiger partial charge is 0.320 e. The number of thiophene rings is 1. The van der Waals surface area contributed by atoms with Crippen LogP contribution in [0.15, 0.2) is 47.5 Å². The molecule has 0 aliphatic rings. The van der Waals surface area contributed by atoms with Gasteiger partial charge in [0.05, 0.1) is 35.2 Å². The molecule has 0 bridgehead atoms. The molecule has 0 fully saturated rings. The highest BCUT2D eigenvalue weighted by molar-refractivity contribution is 7.12. The fourth-order valence-electron chi connectivity index (χ4n) is 2.05. The number of para-hydroxylation sites is 1. The molecule has 0 atom stereocenters. The summed E-state index contributed by atoms with van der Waals surface area (Å²) in [4.78, 5) is 18.7. The van der Waals surface area contributed by atoms with Crippen LogP contribution >= 0.6 is 11.3 Å². The van der Waals surface area contributed by atoms with Crippen molar-refractivity contribution in [1.82, 2.24) is 9.55 Å². The van der Waals surface area contributed by atoms with Gasteiger partial charge in [0.1, 0.15) is 0 Å². The van der Waals surface area contributed by atoms with E-state index in [-0.39, 0.29) is 5.56 Å². The van der Waals surface area contributed by atoms with Crippen molar-refractivity contribution in [3.8, 4) is 11.8 Å². The van der Waals surface area contributed by atoms with Gasteiger partial charge in [-0.2, -0.15) is 0 Å². The molecular weight excluding hydrogens is 282 g/mol. The first-order valence-electron chi connectivity index (χ1n) is 6.50. The maximum absolute atomic E-state index is 12.4. The Morgan fingerprint density at radius 1 is 1.24 bits per heavy atom. The number of nitrogens with two attached hydrogens (primary N) is 1. The number of nitrogens with zero attached hydrogens (tertiary/aromatic N) is 2. The Hall–Kier alpha value is -2.42. The van der Waals surface area contributed by atoms with Crippen molar-refractivity contribution in [1.29, 1.82) is 0 Å². The van der Waals surface area contributed by atoms with Crippen LogP contribution in [-0.4, -0.2) is 16.1 Å². The highest BCUT2D eigenvalue weighted by atomic mass is 32.1. The monoisotopic (exact) mass is 295 g/mol. The molecule has 0 amide bonds. The van der Waals surface area contributed by atoms with E-state index in [0.29, 0.717) is 18.5 Å². The minimum Gasteiger partial charge on any atom is -0.320 e. The quantitative estimate of drug-likeness (QED) is 0.734. The van der Waals surface area contributed by atoms with Gasteiger partial charge in [-0.1, -0.05) is 24.0 Å². The summed E-state index contributed by atoms with van der Waals surface area (Å²) in [5.74, 6) is 5.82. The fourth-order valence-corrected chi connectivity index (χ4v) is 2.94. The van der Waals surface area contributed by atoms with Gasteiger partial charge in [0, 0.05) is 4.88 Å². The molecule has 2 aromatic heterocycles. The second kappa shape index (κ2) is 5.92. The number of hydrogen-bond acceptors (Lipinski definition) is 4. The van der Waals surface area contributed by atoms with E-state index in [9.17, 15) is 4.79 Å². The first kappa shape index (κ1) is 13.6. The topological polar surface area (TPSA) is 60.9 Å². The maximum Gasteiger partial charge on any atom is 0.261 e. The fraction of sp³-hybridized carbons (Fsp3) is 0.125. The third kappa shape index (κ3) is 2.87. The molecular formula is C16H13N3OS. The summed E-state index contributed by atoms with van der Waals surface area (Å²) in [5, 5.41) is 0.639. The van der Waals surface area contributed by atoms with Crippen molar-refractivity contribution in [2.75, 3.05) is 6.54 Å². The minimum absolute atomic E-state index is 0.0245. The Balaban J connectivity index is 1.93. The van der Waals surface area contributed by atoms with Gasteiger partial charge in [-0.05, 0) is 24.3 Å². The zero-order chi connectivity index (χ0) is 14.7. The van der Waals surface area contributed by atoms with E-state index in [1.807, 2.05) is 30.3 Å². The van der Waals surface area contributed by atoms with Gasteiger partial charge < -0.3 is 5.73 Å². The summed E-state index contributed by atoms with van der Waals surface area (Å²) in [6.45, 7) is 0.854. The molecule has 2 N–H and O–H groups in total. The van der Waals surface area contributed by atoms with E-state index in [4.69, 9.17) is 5.73 Å². The number of rotatable bonds is 2. The molecule has 2 heterocycles. The minimum atomic E-state index is -0.0245. The van der Waals surface area contributed by atoms with Crippen LogP contribution < -0.4 is 11.3 Å². The normalized spacial score (nSPS) is 10.3. The van der Waals surface area contributed by atoms with Crippen molar-refractivity contribution < 1.29 is 0 Å². The van der Waals surface area contributed by atoms with E-state index in [1.165, 1.54) is 0 Å². The Labute approximate surface area is 125 Å². The van der Waals surface area contributed by atoms with Crippen LogP contribution in [0.3, 0.4) is 0 Å². The van der Waals surface area contributed by atoms with Crippen LogP contribution in [0.4, 0.5) is 0 Å². The van der Waals surface area contributed by atoms with E-state index < -0.39 is 0 Å². The number of benzene rings is 1. The van der Waals surface area contributed by atoms with Gasteiger partial charge in [-0.15, -0.1) is 11.3 Å². The summed E-state index contributed by atoms with van der Waals surface area (Å²) < 4.78 is 1.62. The van der Waals surface area contributed by atoms with Crippen molar-refractivity contribution in [3.05, 3.63) is 62.8 Å². The average Bonchev–Trinajstić information content (AvgIpc) is 2.96. The lowest BCUT2D eigenvalue weighted by Crippen LogP contribution is -2.20. The molecule has 3 aromatic rings. The molecule has 0 saturated heterocycles. The van der Waals surface area contributed by atoms with Gasteiger partial charge in [-0.25, -0.2) is 4.98 Å². The lowest BCUT2D eigenvalue weighted by Gasteiger charge is -2.04. The molecule has 1 aromatic carbocycles. The predicted octanol–water partition coefficient (Wildman–Crippen LogP) is 1.82. The smallest absolute Gasteiger partial charge is 0.261 e. The molecule has 3 rings (SSSR count). The first-order chi connectivity index (χ1) is 10.3. The first-order valence-corrected chi connectivity index (χ1v) is 7.31. The summed E-state index contributed by atoms with van der Waals surface area (Å²) in [7, 11) is 0. The van der Waals surface area contributed by atoms with Crippen LogP contribution in [-0.2, 0) is 6.54 Å². The SMILES string of the molecule is NCC#Cc1ccc(Cn2cnc3ccccc3c2=O)s1. The van der Waals surface area contributed by atoms with E-state index in [0.717, 1.165) is 15.3 Å². The lowest BCUT2D eigenvalue weighted by molar-refractivity contribution is 0.758. The summed E-state index contributed by atoms with van der Waals surface area (Å²) in [6, 6.07) is 11.3. The van der Waals surface area contributed by atoms with Gasteiger partial charge in [0.15, 0.2) is 0 Å². The summed E-state index contributed by atoms with van der Waals surface area (Å²) >= 11 is 1.57. The van der Waals surface area contributed by atoms with Gasteiger partial charge >= 0.3 is 0 Å². The van der Waals surface area contributed by atoms with Crippen LogP contribution in [0.25, 0.3) is 10.9 Å².